The maximum absolute atomic E-state index is 11.3. The largest absolute Gasteiger partial charge is 0.399 e. The van der Waals surface area contributed by atoms with Gasteiger partial charge in [0.1, 0.15) is 5.69 Å². The number of hydrogen-bond acceptors (Lipinski definition) is 4. The van der Waals surface area contributed by atoms with Gasteiger partial charge in [-0.25, -0.2) is 4.68 Å². The van der Waals surface area contributed by atoms with Crippen molar-refractivity contribution in [1.82, 2.24) is 20.3 Å². The van der Waals surface area contributed by atoms with Gasteiger partial charge in [0.2, 0.25) is 5.91 Å². The SMILES string of the molecule is C=C1NC(=O)CCC1n1cc(-c2ccc(N)cc2)nn1. The number of hydrogen-bond donors (Lipinski definition) is 2. The maximum atomic E-state index is 11.3. The standard InChI is InChI=1S/C14H15N5O/c1-9-13(6-7-14(20)16-9)19-8-12(17-18-19)10-2-4-11(15)5-3-10/h2-5,8,13H,1,6-7,15H2,(H,16,20). The molecule has 20 heavy (non-hydrogen) atoms. The molecule has 1 aliphatic heterocycles. The number of allylic oxidation sites excluding steroid dienone is 1. The molecule has 1 aliphatic rings. The first-order valence-electron chi connectivity index (χ1n) is 6.40. The topological polar surface area (TPSA) is 85.8 Å². The summed E-state index contributed by atoms with van der Waals surface area (Å²) < 4.78 is 1.74. The molecule has 0 saturated carbocycles. The minimum Gasteiger partial charge on any atom is -0.399 e. The van der Waals surface area contributed by atoms with Crippen molar-refractivity contribution in [3.05, 3.63) is 42.7 Å². The van der Waals surface area contributed by atoms with Gasteiger partial charge in [-0.2, -0.15) is 0 Å². The van der Waals surface area contributed by atoms with Crippen LogP contribution < -0.4 is 11.1 Å². The Bertz CT molecular complexity index is 658. The normalized spacial score (nSPS) is 18.9. The second kappa shape index (κ2) is 4.80. The number of carbonyl (C=O) groups is 1. The molecule has 3 N–H and O–H groups in total. The summed E-state index contributed by atoms with van der Waals surface area (Å²) in [6.07, 6.45) is 3.02. The first kappa shape index (κ1) is 12.4. The molecule has 3 rings (SSSR count). The number of nitrogens with zero attached hydrogens (tertiary/aromatic N) is 3. The second-order valence-electron chi connectivity index (χ2n) is 4.83. The van der Waals surface area contributed by atoms with E-state index in [4.69, 9.17) is 5.73 Å². The van der Waals surface area contributed by atoms with E-state index in [0.29, 0.717) is 24.2 Å². The molecule has 1 amide bonds. The molecule has 6 nitrogen and oxygen atoms in total. The van der Waals surface area contributed by atoms with Crippen LogP contribution in [-0.4, -0.2) is 20.9 Å². The molecule has 1 saturated heterocycles. The summed E-state index contributed by atoms with van der Waals surface area (Å²) in [5.41, 5.74) is 8.77. The molecule has 6 heteroatoms. The van der Waals surface area contributed by atoms with Crippen LogP contribution in [0.1, 0.15) is 18.9 Å². The van der Waals surface area contributed by atoms with Crippen molar-refractivity contribution in [2.75, 3.05) is 5.73 Å². The molecule has 0 spiro atoms. The fraction of sp³-hybridized carbons (Fsp3) is 0.214. The van der Waals surface area contributed by atoms with Gasteiger partial charge >= 0.3 is 0 Å². The van der Waals surface area contributed by atoms with Crippen molar-refractivity contribution in [2.45, 2.75) is 18.9 Å². The number of nitrogen functional groups attached to an aromatic ring is 1. The minimum atomic E-state index is -0.0391. The lowest BCUT2D eigenvalue weighted by molar-refractivity contribution is -0.121. The summed E-state index contributed by atoms with van der Waals surface area (Å²) in [5.74, 6) is 0.00474. The molecule has 1 aromatic carbocycles. The van der Waals surface area contributed by atoms with Gasteiger partial charge in [0.25, 0.3) is 0 Å². The summed E-state index contributed by atoms with van der Waals surface area (Å²) in [6, 6.07) is 7.42. The van der Waals surface area contributed by atoms with E-state index in [1.165, 1.54) is 0 Å². The predicted octanol–water partition coefficient (Wildman–Crippen LogP) is 1.49. The van der Waals surface area contributed by atoms with E-state index >= 15 is 0 Å². The summed E-state index contributed by atoms with van der Waals surface area (Å²) in [6.45, 7) is 3.88. The molecule has 0 radical (unpaired) electrons. The fourth-order valence-electron chi connectivity index (χ4n) is 2.27. The quantitative estimate of drug-likeness (QED) is 0.809. The number of carbonyl (C=O) groups excluding carboxylic acids is 1. The van der Waals surface area contributed by atoms with Crippen molar-refractivity contribution in [3.8, 4) is 11.3 Å². The molecular weight excluding hydrogens is 254 g/mol. The van der Waals surface area contributed by atoms with Gasteiger partial charge in [-0.3, -0.25) is 4.79 Å². The highest BCUT2D eigenvalue weighted by atomic mass is 16.1. The monoisotopic (exact) mass is 269 g/mol. The molecule has 1 aromatic heterocycles. The van der Waals surface area contributed by atoms with Crippen LogP contribution in [0.5, 0.6) is 0 Å². The molecule has 2 aromatic rings. The smallest absolute Gasteiger partial charge is 0.224 e. The van der Waals surface area contributed by atoms with Gasteiger partial charge in [-0.05, 0) is 18.6 Å². The molecule has 0 aliphatic carbocycles. The van der Waals surface area contributed by atoms with E-state index in [1.54, 1.807) is 4.68 Å². The Labute approximate surface area is 116 Å². The molecular formula is C14H15N5O. The van der Waals surface area contributed by atoms with Gasteiger partial charge < -0.3 is 11.1 Å². The van der Waals surface area contributed by atoms with Gasteiger partial charge in [0.05, 0.1) is 12.2 Å². The Morgan fingerprint density at radius 3 is 2.80 bits per heavy atom. The third-order valence-corrected chi connectivity index (χ3v) is 3.38. The first-order valence-corrected chi connectivity index (χ1v) is 6.40. The summed E-state index contributed by atoms with van der Waals surface area (Å²) in [4.78, 5) is 11.3. The Morgan fingerprint density at radius 1 is 1.35 bits per heavy atom. The first-order chi connectivity index (χ1) is 9.63. The van der Waals surface area contributed by atoms with Crippen LogP contribution in [-0.2, 0) is 4.79 Å². The van der Waals surface area contributed by atoms with Crippen molar-refractivity contribution >= 4 is 11.6 Å². The number of piperidine rings is 1. The Morgan fingerprint density at radius 2 is 2.10 bits per heavy atom. The zero-order valence-corrected chi connectivity index (χ0v) is 10.9. The lowest BCUT2D eigenvalue weighted by Gasteiger charge is -2.24. The molecule has 1 atom stereocenters. The zero-order chi connectivity index (χ0) is 14.1. The average Bonchev–Trinajstić information content (AvgIpc) is 2.89. The third-order valence-electron chi connectivity index (χ3n) is 3.38. The van der Waals surface area contributed by atoms with Gasteiger partial charge in [0.15, 0.2) is 0 Å². The summed E-state index contributed by atoms with van der Waals surface area (Å²) in [5, 5.41) is 11.0. The number of aromatic nitrogens is 3. The Balaban J connectivity index is 1.85. The number of nitrogens with one attached hydrogen (secondary N) is 1. The van der Waals surface area contributed by atoms with E-state index in [0.717, 1.165) is 11.3 Å². The van der Waals surface area contributed by atoms with E-state index in [1.807, 2.05) is 30.5 Å². The highest BCUT2D eigenvalue weighted by Crippen LogP contribution is 2.25. The van der Waals surface area contributed by atoms with Gasteiger partial charge in [-0.1, -0.05) is 23.9 Å². The van der Waals surface area contributed by atoms with Gasteiger partial charge in [0, 0.05) is 23.4 Å². The van der Waals surface area contributed by atoms with Crippen molar-refractivity contribution < 1.29 is 4.79 Å². The molecule has 0 bridgehead atoms. The van der Waals surface area contributed by atoms with E-state index in [2.05, 4.69) is 22.2 Å². The van der Waals surface area contributed by atoms with Crippen LogP contribution in [0, 0.1) is 0 Å². The van der Waals surface area contributed by atoms with Crippen molar-refractivity contribution in [1.29, 1.82) is 0 Å². The average molecular weight is 269 g/mol. The van der Waals surface area contributed by atoms with Crippen molar-refractivity contribution in [2.24, 2.45) is 0 Å². The molecule has 1 fully saturated rings. The van der Waals surface area contributed by atoms with E-state index in [-0.39, 0.29) is 11.9 Å². The summed E-state index contributed by atoms with van der Waals surface area (Å²) >= 11 is 0. The highest BCUT2D eigenvalue weighted by Gasteiger charge is 2.24. The van der Waals surface area contributed by atoms with Crippen LogP contribution in [0.4, 0.5) is 5.69 Å². The zero-order valence-electron chi connectivity index (χ0n) is 10.9. The molecule has 1 unspecified atom stereocenters. The second-order valence-corrected chi connectivity index (χ2v) is 4.83. The van der Waals surface area contributed by atoms with Crippen LogP contribution in [0.15, 0.2) is 42.7 Å². The van der Waals surface area contributed by atoms with Gasteiger partial charge in [-0.15, -0.1) is 5.10 Å². The Kier molecular flexibility index (Phi) is 2.98. The van der Waals surface area contributed by atoms with E-state index < -0.39 is 0 Å². The molecule has 2 heterocycles. The van der Waals surface area contributed by atoms with Crippen LogP contribution >= 0.6 is 0 Å². The number of benzene rings is 1. The summed E-state index contributed by atoms with van der Waals surface area (Å²) in [7, 11) is 0. The predicted molar refractivity (Wildman–Crippen MR) is 75.4 cm³/mol. The highest BCUT2D eigenvalue weighted by molar-refractivity contribution is 5.79. The maximum Gasteiger partial charge on any atom is 0.224 e. The van der Waals surface area contributed by atoms with Crippen LogP contribution in [0.25, 0.3) is 11.3 Å². The minimum absolute atomic E-state index is 0.00474. The molecule has 102 valence electrons. The number of anilines is 1. The number of nitrogens with two attached hydrogens (primary N) is 1. The van der Waals surface area contributed by atoms with E-state index in [9.17, 15) is 4.79 Å². The third kappa shape index (κ3) is 2.27. The fourth-order valence-corrected chi connectivity index (χ4v) is 2.27. The van der Waals surface area contributed by atoms with Crippen LogP contribution in [0.2, 0.25) is 0 Å². The van der Waals surface area contributed by atoms with Crippen LogP contribution in [0.3, 0.4) is 0 Å². The number of amides is 1. The lowest BCUT2D eigenvalue weighted by atomic mass is 10.0. The van der Waals surface area contributed by atoms with Crippen molar-refractivity contribution in [3.63, 3.8) is 0 Å². The number of rotatable bonds is 2. The lowest BCUT2D eigenvalue weighted by Crippen LogP contribution is -2.33. The Hall–Kier alpha value is -2.63.